The summed E-state index contributed by atoms with van der Waals surface area (Å²) in [4.78, 5) is 15.4. The Labute approximate surface area is 132 Å². The summed E-state index contributed by atoms with van der Waals surface area (Å²) in [6, 6.07) is 2.16. The van der Waals surface area contributed by atoms with Crippen molar-refractivity contribution in [1.29, 1.82) is 0 Å². The summed E-state index contributed by atoms with van der Waals surface area (Å²) >= 11 is 0. The first-order chi connectivity index (χ1) is 10.6. The third-order valence-corrected chi connectivity index (χ3v) is 3.18. The molecule has 128 valence electrons. The average molecular weight is 332 g/mol. The largest absolute Gasteiger partial charge is 0.492 e. The number of hydrogen-bond acceptors (Lipinski definition) is 4. The van der Waals surface area contributed by atoms with Crippen molar-refractivity contribution in [1.82, 2.24) is 10.3 Å². The van der Waals surface area contributed by atoms with Gasteiger partial charge in [0.05, 0.1) is 12.3 Å². The number of fused-ring (bicyclic) bond motifs is 1. The predicted octanol–water partition coefficient (Wildman–Crippen LogP) is 3.49. The molecule has 1 aliphatic heterocycles. The molecular formula is C15H19F3N2O3. The van der Waals surface area contributed by atoms with Gasteiger partial charge in [0.15, 0.2) is 0 Å². The highest BCUT2D eigenvalue weighted by Crippen LogP contribution is 2.35. The Kier molecular flexibility index (Phi) is 4.72. The van der Waals surface area contributed by atoms with Gasteiger partial charge in [-0.1, -0.05) is 0 Å². The van der Waals surface area contributed by atoms with E-state index in [9.17, 15) is 18.0 Å². The number of rotatable bonds is 2. The number of carbonyl (C=O) groups is 1. The minimum atomic E-state index is -4.52. The zero-order chi connectivity index (χ0) is 17.3. The monoisotopic (exact) mass is 332 g/mol. The first-order valence-electron chi connectivity index (χ1n) is 7.24. The number of alkyl carbamates (subject to hydrolysis) is 1. The third-order valence-electron chi connectivity index (χ3n) is 3.18. The van der Waals surface area contributed by atoms with Crippen molar-refractivity contribution in [2.45, 2.75) is 44.9 Å². The lowest BCUT2D eigenvalue weighted by atomic mass is 9.97. The molecule has 0 saturated carbocycles. The molecule has 0 spiro atoms. The third kappa shape index (κ3) is 4.74. The number of alkyl halides is 3. The van der Waals surface area contributed by atoms with Gasteiger partial charge in [0.25, 0.3) is 0 Å². The summed E-state index contributed by atoms with van der Waals surface area (Å²) in [5.41, 5.74) is -1.40. The van der Waals surface area contributed by atoms with Gasteiger partial charge in [-0.2, -0.15) is 13.2 Å². The normalized spacial score (nSPS) is 17.9. The molecule has 1 aromatic rings. The van der Waals surface area contributed by atoms with Crippen LogP contribution < -0.4 is 10.1 Å². The molecule has 1 aliphatic rings. The Morgan fingerprint density at radius 1 is 1.39 bits per heavy atom. The van der Waals surface area contributed by atoms with E-state index >= 15 is 0 Å². The van der Waals surface area contributed by atoms with Crippen LogP contribution in [0.2, 0.25) is 0 Å². The highest BCUT2D eigenvalue weighted by molar-refractivity contribution is 5.67. The first kappa shape index (κ1) is 17.4. The minimum absolute atomic E-state index is 0.138. The van der Waals surface area contributed by atoms with Crippen molar-refractivity contribution in [3.63, 3.8) is 0 Å². The maximum Gasteiger partial charge on any atom is 0.433 e. The van der Waals surface area contributed by atoms with Gasteiger partial charge in [-0.25, -0.2) is 9.78 Å². The number of pyridine rings is 1. The Bertz CT molecular complexity index is 582. The van der Waals surface area contributed by atoms with E-state index in [1.165, 1.54) is 6.07 Å². The predicted molar refractivity (Wildman–Crippen MR) is 76.3 cm³/mol. The fraction of sp³-hybridized carbons (Fsp3) is 0.600. The Morgan fingerprint density at radius 2 is 2.09 bits per heavy atom. The van der Waals surface area contributed by atoms with E-state index in [1.807, 2.05) is 0 Å². The van der Waals surface area contributed by atoms with Crippen LogP contribution in [0.3, 0.4) is 0 Å². The van der Waals surface area contributed by atoms with E-state index in [-0.39, 0.29) is 18.2 Å². The molecule has 0 aliphatic carbocycles. The molecule has 1 amide bonds. The number of carbonyl (C=O) groups excluding carboxylic acids is 1. The summed E-state index contributed by atoms with van der Waals surface area (Å²) in [6.45, 7) is 5.69. The summed E-state index contributed by atoms with van der Waals surface area (Å²) in [5, 5.41) is 2.57. The second-order valence-electron chi connectivity index (χ2n) is 6.29. The molecule has 1 atom stereocenters. The molecule has 8 heteroatoms. The van der Waals surface area contributed by atoms with Crippen LogP contribution in [0.1, 0.15) is 44.5 Å². The van der Waals surface area contributed by atoms with Crippen molar-refractivity contribution in [2.75, 3.05) is 13.2 Å². The first-order valence-corrected chi connectivity index (χ1v) is 7.24. The number of nitrogens with one attached hydrogen (secondary N) is 1. The Balaban J connectivity index is 2.10. The highest BCUT2D eigenvalue weighted by atomic mass is 19.4. The van der Waals surface area contributed by atoms with E-state index < -0.39 is 23.6 Å². The molecule has 0 saturated heterocycles. The molecule has 1 aromatic heterocycles. The van der Waals surface area contributed by atoms with Gasteiger partial charge in [-0.05, 0) is 39.3 Å². The second-order valence-corrected chi connectivity index (χ2v) is 6.29. The van der Waals surface area contributed by atoms with Crippen molar-refractivity contribution < 1.29 is 27.4 Å². The Hall–Kier alpha value is -1.99. The number of hydrogen-bond donors (Lipinski definition) is 1. The lowest BCUT2D eigenvalue weighted by Gasteiger charge is -2.26. The molecule has 2 heterocycles. The smallest absolute Gasteiger partial charge is 0.433 e. The van der Waals surface area contributed by atoms with Crippen LogP contribution in [0, 0.1) is 0 Å². The number of aromatic nitrogens is 1. The van der Waals surface area contributed by atoms with Crippen molar-refractivity contribution in [3.05, 3.63) is 23.5 Å². The van der Waals surface area contributed by atoms with Gasteiger partial charge < -0.3 is 14.8 Å². The number of halogens is 3. The summed E-state index contributed by atoms with van der Waals surface area (Å²) < 4.78 is 48.8. The van der Waals surface area contributed by atoms with Gasteiger partial charge in [-0.15, -0.1) is 0 Å². The fourth-order valence-electron chi connectivity index (χ4n) is 2.20. The summed E-state index contributed by atoms with van der Waals surface area (Å²) in [7, 11) is 0. The van der Waals surface area contributed by atoms with E-state index in [1.54, 1.807) is 20.8 Å². The quantitative estimate of drug-likeness (QED) is 0.900. The molecule has 0 unspecified atom stereocenters. The Morgan fingerprint density at radius 3 is 2.70 bits per heavy atom. The van der Waals surface area contributed by atoms with Crippen molar-refractivity contribution >= 4 is 6.09 Å². The second kappa shape index (κ2) is 6.25. The maximum absolute atomic E-state index is 12.8. The SMILES string of the molecule is CC(C)(C)OC(=O)NC[C@H]1CCOc2ccc(C(F)(F)F)nc21. The molecule has 0 fully saturated rings. The van der Waals surface area contributed by atoms with Crippen LogP contribution in [0.15, 0.2) is 12.1 Å². The molecular weight excluding hydrogens is 313 g/mol. The minimum Gasteiger partial charge on any atom is -0.492 e. The van der Waals surface area contributed by atoms with Gasteiger partial charge in [-0.3, -0.25) is 0 Å². The summed E-state index contributed by atoms with van der Waals surface area (Å²) in [5.74, 6) is -0.0335. The van der Waals surface area contributed by atoms with Crippen LogP contribution in [0.4, 0.5) is 18.0 Å². The lowest BCUT2D eigenvalue weighted by molar-refractivity contribution is -0.141. The zero-order valence-corrected chi connectivity index (χ0v) is 13.2. The van der Waals surface area contributed by atoms with Gasteiger partial charge >= 0.3 is 12.3 Å². The van der Waals surface area contributed by atoms with E-state index in [2.05, 4.69) is 10.3 Å². The van der Waals surface area contributed by atoms with Crippen LogP contribution in [-0.4, -0.2) is 29.8 Å². The number of amides is 1. The molecule has 5 nitrogen and oxygen atoms in total. The van der Waals surface area contributed by atoms with Crippen LogP contribution in [0.25, 0.3) is 0 Å². The average Bonchev–Trinajstić information content (AvgIpc) is 2.41. The molecule has 1 N–H and O–H groups in total. The molecule has 0 bridgehead atoms. The highest BCUT2D eigenvalue weighted by Gasteiger charge is 2.35. The topological polar surface area (TPSA) is 60.5 Å². The van der Waals surface area contributed by atoms with Crippen molar-refractivity contribution in [3.8, 4) is 5.75 Å². The van der Waals surface area contributed by atoms with Crippen LogP contribution in [-0.2, 0) is 10.9 Å². The van der Waals surface area contributed by atoms with E-state index in [0.29, 0.717) is 18.8 Å². The fourth-order valence-corrected chi connectivity index (χ4v) is 2.20. The number of nitrogens with zero attached hydrogens (tertiary/aromatic N) is 1. The lowest BCUT2D eigenvalue weighted by Crippen LogP contribution is -2.36. The molecule has 0 radical (unpaired) electrons. The standard InChI is InChI=1S/C15H19F3N2O3/c1-14(2,3)23-13(21)19-8-9-6-7-22-10-4-5-11(15(16,17)18)20-12(9)10/h4-5,9H,6-8H2,1-3H3,(H,19,21)/t9-/m1/s1. The molecule has 23 heavy (non-hydrogen) atoms. The van der Waals surface area contributed by atoms with Crippen LogP contribution >= 0.6 is 0 Å². The van der Waals surface area contributed by atoms with Gasteiger partial charge in [0.2, 0.25) is 0 Å². The number of ether oxygens (including phenoxy) is 2. The summed E-state index contributed by atoms with van der Waals surface area (Å²) in [6.07, 6.45) is -4.66. The van der Waals surface area contributed by atoms with Crippen molar-refractivity contribution in [2.24, 2.45) is 0 Å². The molecule has 2 rings (SSSR count). The van der Waals surface area contributed by atoms with Crippen LogP contribution in [0.5, 0.6) is 5.75 Å². The van der Waals surface area contributed by atoms with Gasteiger partial charge in [0.1, 0.15) is 17.0 Å². The zero-order valence-electron chi connectivity index (χ0n) is 13.2. The molecule has 0 aromatic carbocycles. The van der Waals surface area contributed by atoms with E-state index in [0.717, 1.165) is 6.07 Å². The maximum atomic E-state index is 12.8. The van der Waals surface area contributed by atoms with E-state index in [4.69, 9.17) is 9.47 Å². The van der Waals surface area contributed by atoms with Gasteiger partial charge in [0, 0.05) is 12.5 Å².